The Balaban J connectivity index is 1.57. The van der Waals surface area contributed by atoms with Gasteiger partial charge in [-0.25, -0.2) is 0 Å². The number of ether oxygens (including phenoxy) is 1. The van der Waals surface area contributed by atoms with Crippen molar-refractivity contribution in [3.05, 3.63) is 21.9 Å². The summed E-state index contributed by atoms with van der Waals surface area (Å²) in [5.41, 5.74) is 0. The van der Waals surface area contributed by atoms with Crippen LogP contribution in [0.25, 0.3) is 0 Å². The molecule has 1 aromatic heterocycles. The lowest BCUT2D eigenvalue weighted by atomic mass is 10.1. The Morgan fingerprint density at radius 2 is 2.19 bits per heavy atom. The molecule has 21 heavy (non-hydrogen) atoms. The van der Waals surface area contributed by atoms with Crippen molar-refractivity contribution in [2.75, 3.05) is 53.4 Å². The van der Waals surface area contributed by atoms with Gasteiger partial charge in [-0.15, -0.1) is 11.3 Å². The molecule has 1 aromatic rings. The number of thiophene rings is 1. The largest absolute Gasteiger partial charge is 0.374 e. The summed E-state index contributed by atoms with van der Waals surface area (Å²) >= 11 is 1.92. The maximum absolute atomic E-state index is 6.02. The zero-order chi connectivity index (χ0) is 14.8. The average Bonchev–Trinajstić information content (AvgIpc) is 3.02. The van der Waals surface area contributed by atoms with E-state index in [9.17, 15) is 0 Å². The number of hydrogen-bond acceptors (Lipinski definition) is 5. The molecule has 2 saturated heterocycles. The highest BCUT2D eigenvalue weighted by Crippen LogP contribution is 2.25. The second-order valence-electron chi connectivity index (χ2n) is 6.52. The van der Waals surface area contributed by atoms with Crippen LogP contribution in [0.1, 0.15) is 9.75 Å². The van der Waals surface area contributed by atoms with Crippen LogP contribution in [0.4, 0.5) is 0 Å². The van der Waals surface area contributed by atoms with Crippen LogP contribution >= 0.6 is 11.3 Å². The first kappa shape index (κ1) is 15.4. The lowest BCUT2D eigenvalue weighted by Crippen LogP contribution is -2.52. The molecule has 0 spiro atoms. The minimum absolute atomic E-state index is 0.405. The van der Waals surface area contributed by atoms with Crippen molar-refractivity contribution >= 4 is 11.3 Å². The van der Waals surface area contributed by atoms with Gasteiger partial charge in [0.05, 0.1) is 12.7 Å². The molecule has 0 unspecified atom stereocenters. The molecule has 2 aliphatic rings. The molecular formula is C16H27N3OS. The Bertz CT molecular complexity index is 462. The van der Waals surface area contributed by atoms with Gasteiger partial charge in [0.25, 0.3) is 0 Å². The molecule has 5 heteroatoms. The summed E-state index contributed by atoms with van der Waals surface area (Å²) in [6.45, 7) is 9.76. The third-order valence-electron chi connectivity index (χ3n) is 4.50. The number of hydrogen-bond donors (Lipinski definition) is 0. The summed E-state index contributed by atoms with van der Waals surface area (Å²) in [6.07, 6.45) is 0.405. The normalized spacial score (nSPS) is 27.4. The first-order valence-corrected chi connectivity index (χ1v) is 8.71. The highest BCUT2D eigenvalue weighted by atomic mass is 32.1. The van der Waals surface area contributed by atoms with E-state index in [0.29, 0.717) is 12.1 Å². The Labute approximate surface area is 132 Å². The van der Waals surface area contributed by atoms with Crippen LogP contribution in [0.15, 0.2) is 12.1 Å². The molecule has 3 rings (SSSR count). The Hall–Kier alpha value is -0.460. The van der Waals surface area contributed by atoms with E-state index >= 15 is 0 Å². The van der Waals surface area contributed by atoms with E-state index in [1.807, 2.05) is 11.3 Å². The van der Waals surface area contributed by atoms with E-state index in [2.05, 4.69) is 47.9 Å². The van der Waals surface area contributed by atoms with Gasteiger partial charge in [0.2, 0.25) is 0 Å². The third kappa shape index (κ3) is 3.85. The monoisotopic (exact) mass is 309 g/mol. The second kappa shape index (κ2) is 6.75. The minimum Gasteiger partial charge on any atom is -0.374 e. The predicted molar refractivity (Wildman–Crippen MR) is 88.0 cm³/mol. The summed E-state index contributed by atoms with van der Waals surface area (Å²) in [5, 5.41) is 0. The van der Waals surface area contributed by atoms with E-state index < -0.39 is 0 Å². The van der Waals surface area contributed by atoms with Crippen LogP contribution in [-0.4, -0.2) is 80.3 Å². The molecule has 0 aliphatic carbocycles. The summed E-state index contributed by atoms with van der Waals surface area (Å²) in [4.78, 5) is 10.4. The van der Waals surface area contributed by atoms with Crippen molar-refractivity contribution in [2.24, 2.45) is 0 Å². The van der Waals surface area contributed by atoms with Crippen molar-refractivity contribution in [3.63, 3.8) is 0 Å². The quantitative estimate of drug-likeness (QED) is 0.820. The maximum atomic E-state index is 6.02. The van der Waals surface area contributed by atoms with Crippen LogP contribution in [0.3, 0.4) is 0 Å². The highest BCUT2D eigenvalue weighted by molar-refractivity contribution is 7.11. The zero-order valence-corrected chi connectivity index (χ0v) is 14.2. The topological polar surface area (TPSA) is 19.0 Å². The zero-order valence-electron chi connectivity index (χ0n) is 13.4. The summed E-state index contributed by atoms with van der Waals surface area (Å²) in [7, 11) is 4.30. The van der Waals surface area contributed by atoms with Crippen molar-refractivity contribution in [1.82, 2.24) is 14.7 Å². The molecule has 3 heterocycles. The number of rotatable bonds is 5. The molecule has 4 nitrogen and oxygen atoms in total. The number of fused-ring (bicyclic) bond motifs is 1. The summed E-state index contributed by atoms with van der Waals surface area (Å²) in [5.74, 6) is 0. The van der Waals surface area contributed by atoms with Gasteiger partial charge in [0.1, 0.15) is 0 Å². The van der Waals surface area contributed by atoms with Crippen LogP contribution in [0.5, 0.6) is 0 Å². The Morgan fingerprint density at radius 1 is 1.33 bits per heavy atom. The maximum Gasteiger partial charge on any atom is 0.0870 e. The van der Waals surface area contributed by atoms with Gasteiger partial charge < -0.3 is 9.64 Å². The van der Waals surface area contributed by atoms with Crippen LogP contribution < -0.4 is 0 Å². The first-order valence-electron chi connectivity index (χ1n) is 7.90. The molecule has 2 atom stereocenters. The number of nitrogens with zero attached hydrogens (tertiary/aromatic N) is 3. The molecule has 2 aliphatic heterocycles. The van der Waals surface area contributed by atoms with E-state index in [1.54, 1.807) is 0 Å². The van der Waals surface area contributed by atoms with Gasteiger partial charge in [-0.1, -0.05) is 0 Å². The average molecular weight is 309 g/mol. The van der Waals surface area contributed by atoms with E-state index in [0.717, 1.165) is 45.9 Å². The number of likely N-dealkylation sites (N-methyl/N-ethyl adjacent to an activating group) is 1. The lowest BCUT2D eigenvalue weighted by Gasteiger charge is -2.37. The third-order valence-corrected chi connectivity index (χ3v) is 5.49. The van der Waals surface area contributed by atoms with Gasteiger partial charge in [0.15, 0.2) is 0 Å². The molecule has 118 valence electrons. The first-order chi connectivity index (χ1) is 10.1. The standard InChI is InChI=1S/C16H27N3OS/c1-13-4-5-14(21-13)10-18-11-15-16(12-18)20-9-8-19(15)7-6-17(2)3/h4-5,15-16H,6-12H2,1-3H3/t15-,16+/m1/s1. The molecular weight excluding hydrogens is 282 g/mol. The molecule has 0 N–H and O–H groups in total. The Kier molecular flexibility index (Phi) is 4.96. The van der Waals surface area contributed by atoms with Crippen LogP contribution in [-0.2, 0) is 11.3 Å². The summed E-state index contributed by atoms with van der Waals surface area (Å²) in [6, 6.07) is 5.08. The molecule has 0 amide bonds. The molecule has 2 fully saturated rings. The summed E-state index contributed by atoms with van der Waals surface area (Å²) < 4.78 is 6.02. The number of morpholine rings is 1. The van der Waals surface area contributed by atoms with Crippen molar-refractivity contribution in [2.45, 2.75) is 25.6 Å². The number of likely N-dealkylation sites (tertiary alicyclic amines) is 1. The van der Waals surface area contributed by atoms with Gasteiger partial charge in [0, 0.05) is 55.1 Å². The van der Waals surface area contributed by atoms with Crippen molar-refractivity contribution < 1.29 is 4.74 Å². The fourth-order valence-electron chi connectivity index (χ4n) is 3.36. The van der Waals surface area contributed by atoms with E-state index in [4.69, 9.17) is 4.74 Å². The fourth-order valence-corrected chi connectivity index (χ4v) is 4.29. The van der Waals surface area contributed by atoms with E-state index in [-0.39, 0.29) is 0 Å². The van der Waals surface area contributed by atoms with Crippen LogP contribution in [0.2, 0.25) is 0 Å². The van der Waals surface area contributed by atoms with E-state index in [1.165, 1.54) is 9.75 Å². The van der Waals surface area contributed by atoms with Gasteiger partial charge >= 0.3 is 0 Å². The molecule has 0 aromatic carbocycles. The minimum atomic E-state index is 0.405. The van der Waals surface area contributed by atoms with Gasteiger partial charge in [-0.05, 0) is 33.2 Å². The molecule has 0 bridgehead atoms. The highest BCUT2D eigenvalue weighted by Gasteiger charge is 2.39. The van der Waals surface area contributed by atoms with Crippen LogP contribution in [0, 0.1) is 6.92 Å². The second-order valence-corrected chi connectivity index (χ2v) is 7.89. The fraction of sp³-hybridized carbons (Fsp3) is 0.750. The molecule has 0 radical (unpaired) electrons. The Morgan fingerprint density at radius 3 is 2.90 bits per heavy atom. The smallest absolute Gasteiger partial charge is 0.0870 e. The van der Waals surface area contributed by atoms with Crippen molar-refractivity contribution in [3.8, 4) is 0 Å². The predicted octanol–water partition coefficient (Wildman–Crippen LogP) is 1.50. The van der Waals surface area contributed by atoms with Crippen molar-refractivity contribution in [1.29, 1.82) is 0 Å². The van der Waals surface area contributed by atoms with Gasteiger partial charge in [-0.2, -0.15) is 0 Å². The number of aryl methyl sites for hydroxylation is 1. The SMILES string of the molecule is Cc1ccc(CN2C[C@@H]3OCCN(CCN(C)C)[C@@H]3C2)s1. The van der Waals surface area contributed by atoms with Gasteiger partial charge in [-0.3, -0.25) is 9.80 Å². The lowest BCUT2D eigenvalue weighted by molar-refractivity contribution is -0.0483. The molecule has 0 saturated carbocycles.